The van der Waals surface area contributed by atoms with Gasteiger partial charge in [-0.15, -0.1) is 0 Å². The molecular formula is C25H27FN6O. The van der Waals surface area contributed by atoms with Gasteiger partial charge in [0.05, 0.1) is 36.2 Å². The minimum absolute atomic E-state index is 0.212. The summed E-state index contributed by atoms with van der Waals surface area (Å²) in [6, 6.07) is 10.1. The number of pyridine rings is 2. The Morgan fingerprint density at radius 1 is 1.09 bits per heavy atom. The van der Waals surface area contributed by atoms with Gasteiger partial charge in [0, 0.05) is 62.1 Å². The highest BCUT2D eigenvalue weighted by molar-refractivity contribution is 5.99. The first-order valence-electron chi connectivity index (χ1n) is 11.5. The molecule has 170 valence electrons. The number of nitrogens with one attached hydrogen (secondary N) is 1. The zero-order valence-electron chi connectivity index (χ0n) is 18.7. The average Bonchev–Trinajstić information content (AvgIpc) is 3.53. The van der Waals surface area contributed by atoms with E-state index in [0.717, 1.165) is 54.9 Å². The second-order valence-corrected chi connectivity index (χ2v) is 8.83. The number of ether oxygens (including phenoxy) is 1. The van der Waals surface area contributed by atoms with E-state index in [2.05, 4.69) is 43.5 Å². The number of nitrogens with zero attached hydrogens (tertiary/aromatic N) is 5. The summed E-state index contributed by atoms with van der Waals surface area (Å²) in [6.07, 6.45) is 8.06. The highest BCUT2D eigenvalue weighted by Crippen LogP contribution is 2.34. The van der Waals surface area contributed by atoms with Crippen LogP contribution in [-0.4, -0.2) is 65.5 Å². The van der Waals surface area contributed by atoms with Crippen LogP contribution in [0.25, 0.3) is 27.5 Å². The Kier molecular flexibility index (Phi) is 5.11. The lowest BCUT2D eigenvalue weighted by molar-refractivity contribution is 0.206. The molecule has 6 rings (SSSR count). The monoisotopic (exact) mass is 446 g/mol. The van der Waals surface area contributed by atoms with Crippen LogP contribution < -0.4 is 15.0 Å². The number of halogens is 1. The molecule has 4 aromatic rings. The summed E-state index contributed by atoms with van der Waals surface area (Å²) in [6.45, 7) is 5.40. The molecule has 0 aliphatic carbocycles. The van der Waals surface area contributed by atoms with Crippen molar-refractivity contribution in [2.45, 2.75) is 18.9 Å². The normalized spacial score (nSPS) is 17.9. The average molecular weight is 447 g/mol. The molecule has 7 nitrogen and oxygen atoms in total. The van der Waals surface area contributed by atoms with Crippen molar-refractivity contribution in [1.82, 2.24) is 24.8 Å². The van der Waals surface area contributed by atoms with Gasteiger partial charge in [0.1, 0.15) is 0 Å². The number of benzene rings is 1. The van der Waals surface area contributed by atoms with Gasteiger partial charge >= 0.3 is 0 Å². The van der Waals surface area contributed by atoms with Crippen LogP contribution in [0.2, 0.25) is 0 Å². The lowest BCUT2D eigenvalue weighted by Gasteiger charge is -2.37. The van der Waals surface area contributed by atoms with Crippen LogP contribution in [0, 0.1) is 5.82 Å². The maximum Gasteiger partial charge on any atom is 0.167 e. The third-order valence-corrected chi connectivity index (χ3v) is 7.04. The van der Waals surface area contributed by atoms with Crippen molar-refractivity contribution in [3.8, 4) is 16.9 Å². The standard InChI is InChI=1S/C25H27FN6O/c1-33-25-12-20-19(4-7-28-23(20)13-22(25)26)21-14-29-32-15-18(2-3-24(21)32)30-9-5-17(6-10-30)31-11-8-27-16-31/h2-4,7,12-15,17,27H,5-6,8-11,16H2,1H3. The van der Waals surface area contributed by atoms with Gasteiger partial charge in [0.2, 0.25) is 0 Å². The van der Waals surface area contributed by atoms with E-state index in [1.54, 1.807) is 12.3 Å². The molecule has 1 aromatic carbocycles. The largest absolute Gasteiger partial charge is 0.494 e. The molecule has 3 aromatic heterocycles. The lowest BCUT2D eigenvalue weighted by Crippen LogP contribution is -2.44. The third kappa shape index (κ3) is 3.59. The Hall–Kier alpha value is -3.23. The van der Waals surface area contributed by atoms with E-state index in [1.165, 1.54) is 31.7 Å². The van der Waals surface area contributed by atoms with Gasteiger partial charge in [-0.1, -0.05) is 0 Å². The van der Waals surface area contributed by atoms with E-state index in [1.807, 2.05) is 16.8 Å². The fourth-order valence-corrected chi connectivity index (χ4v) is 5.23. The van der Waals surface area contributed by atoms with Crippen LogP contribution in [0.4, 0.5) is 10.1 Å². The highest BCUT2D eigenvalue weighted by atomic mass is 19.1. The molecule has 0 atom stereocenters. The second kappa shape index (κ2) is 8.28. The number of aromatic nitrogens is 3. The summed E-state index contributed by atoms with van der Waals surface area (Å²) >= 11 is 0. The molecular weight excluding hydrogens is 419 g/mol. The Labute approximate surface area is 191 Å². The van der Waals surface area contributed by atoms with E-state index < -0.39 is 5.82 Å². The van der Waals surface area contributed by atoms with Crippen molar-refractivity contribution >= 4 is 22.1 Å². The number of piperidine rings is 1. The molecule has 0 unspecified atom stereocenters. The van der Waals surface area contributed by atoms with Crippen LogP contribution in [0.1, 0.15) is 12.8 Å². The zero-order valence-corrected chi connectivity index (χ0v) is 18.7. The van der Waals surface area contributed by atoms with Gasteiger partial charge in [0.25, 0.3) is 0 Å². The molecule has 0 bridgehead atoms. The fourth-order valence-electron chi connectivity index (χ4n) is 5.23. The van der Waals surface area contributed by atoms with E-state index in [9.17, 15) is 4.39 Å². The van der Waals surface area contributed by atoms with Crippen LogP contribution in [0.5, 0.6) is 5.75 Å². The predicted octanol–water partition coefficient (Wildman–Crippen LogP) is 3.53. The molecule has 33 heavy (non-hydrogen) atoms. The topological polar surface area (TPSA) is 57.9 Å². The third-order valence-electron chi connectivity index (χ3n) is 7.04. The van der Waals surface area contributed by atoms with Gasteiger partial charge in [-0.3, -0.25) is 9.88 Å². The van der Waals surface area contributed by atoms with Crippen LogP contribution in [0.3, 0.4) is 0 Å². The summed E-state index contributed by atoms with van der Waals surface area (Å²) in [4.78, 5) is 9.37. The lowest BCUT2D eigenvalue weighted by atomic mass is 10.0. The number of methoxy groups -OCH3 is 1. The van der Waals surface area contributed by atoms with Crippen LogP contribution in [0.15, 0.2) is 48.9 Å². The molecule has 1 N–H and O–H groups in total. The van der Waals surface area contributed by atoms with Crippen molar-refractivity contribution in [3.63, 3.8) is 0 Å². The molecule has 2 aliphatic heterocycles. The summed E-state index contributed by atoms with van der Waals surface area (Å²) in [5, 5.41) is 8.92. The maximum atomic E-state index is 14.2. The predicted molar refractivity (Wildman–Crippen MR) is 127 cm³/mol. The minimum Gasteiger partial charge on any atom is -0.494 e. The Morgan fingerprint density at radius 2 is 1.97 bits per heavy atom. The van der Waals surface area contributed by atoms with Crippen molar-refractivity contribution < 1.29 is 9.13 Å². The van der Waals surface area contributed by atoms with Crippen LogP contribution in [-0.2, 0) is 0 Å². The van der Waals surface area contributed by atoms with E-state index in [0.29, 0.717) is 11.6 Å². The summed E-state index contributed by atoms with van der Waals surface area (Å²) in [7, 11) is 1.47. The second-order valence-electron chi connectivity index (χ2n) is 8.83. The fraction of sp³-hybridized carbons (Fsp3) is 0.360. The molecule has 2 saturated heterocycles. The molecule has 5 heterocycles. The molecule has 0 amide bonds. The van der Waals surface area contributed by atoms with Crippen LogP contribution >= 0.6 is 0 Å². The van der Waals surface area contributed by atoms with Gasteiger partial charge in [-0.2, -0.15) is 5.10 Å². The smallest absolute Gasteiger partial charge is 0.167 e. The van der Waals surface area contributed by atoms with Gasteiger partial charge in [0.15, 0.2) is 11.6 Å². The Morgan fingerprint density at radius 3 is 2.76 bits per heavy atom. The van der Waals surface area contributed by atoms with E-state index in [-0.39, 0.29) is 5.75 Å². The first-order valence-corrected chi connectivity index (χ1v) is 11.5. The van der Waals surface area contributed by atoms with Gasteiger partial charge in [-0.25, -0.2) is 8.91 Å². The summed E-state index contributed by atoms with van der Waals surface area (Å²) < 4.78 is 21.3. The van der Waals surface area contributed by atoms with E-state index >= 15 is 0 Å². The van der Waals surface area contributed by atoms with Crippen molar-refractivity contribution in [1.29, 1.82) is 0 Å². The molecule has 2 fully saturated rings. The number of anilines is 1. The van der Waals surface area contributed by atoms with Crippen molar-refractivity contribution in [3.05, 3.63) is 54.7 Å². The number of hydrogen-bond acceptors (Lipinski definition) is 6. The summed E-state index contributed by atoms with van der Waals surface area (Å²) in [5.74, 6) is -0.201. The molecule has 2 aliphatic rings. The number of hydrogen-bond donors (Lipinski definition) is 1. The quantitative estimate of drug-likeness (QED) is 0.518. The minimum atomic E-state index is -0.413. The number of rotatable bonds is 4. The molecule has 0 saturated carbocycles. The van der Waals surface area contributed by atoms with Crippen molar-refractivity contribution in [2.24, 2.45) is 0 Å². The number of fused-ring (bicyclic) bond motifs is 2. The maximum absolute atomic E-state index is 14.2. The highest BCUT2D eigenvalue weighted by Gasteiger charge is 2.26. The molecule has 0 radical (unpaired) electrons. The van der Waals surface area contributed by atoms with Crippen molar-refractivity contribution in [2.75, 3.05) is 44.9 Å². The first-order chi connectivity index (χ1) is 16.2. The molecule has 8 heteroatoms. The Bertz CT molecular complexity index is 1310. The van der Waals surface area contributed by atoms with Gasteiger partial charge < -0.3 is 15.0 Å². The summed E-state index contributed by atoms with van der Waals surface area (Å²) in [5.41, 5.74) is 4.74. The SMILES string of the molecule is COc1cc2c(-c3cnn4cc(N5CCC(N6CCNC6)CC5)ccc34)ccnc2cc1F. The Balaban J connectivity index is 1.30. The van der Waals surface area contributed by atoms with Gasteiger partial charge in [-0.05, 0) is 42.7 Å². The van der Waals surface area contributed by atoms with E-state index in [4.69, 9.17) is 4.74 Å². The molecule has 0 spiro atoms. The first kappa shape index (κ1) is 20.4. The zero-order chi connectivity index (χ0) is 22.4.